The van der Waals surface area contributed by atoms with Gasteiger partial charge in [0.1, 0.15) is 6.04 Å². The monoisotopic (exact) mass is 215 g/mol. The van der Waals surface area contributed by atoms with Crippen molar-refractivity contribution in [2.24, 2.45) is 23.3 Å². The smallest absolute Gasteiger partial charge is 0.240 e. The quantitative estimate of drug-likeness (QED) is 0.581. The number of hydrogen-bond acceptors (Lipinski definition) is 3. The van der Waals surface area contributed by atoms with Crippen molar-refractivity contribution in [2.75, 3.05) is 0 Å². The highest BCUT2D eigenvalue weighted by Gasteiger charge is 2.25. The number of carbonyl (C=O) groups is 2. The molecule has 0 radical (unpaired) electrons. The zero-order chi connectivity index (χ0) is 12.2. The molecule has 5 nitrogen and oxygen atoms in total. The Kier molecular flexibility index (Phi) is 5.28. The molecule has 2 atom stereocenters. The third kappa shape index (κ3) is 4.29. The molecular formula is C10H21N3O2. The average molecular weight is 215 g/mol. The minimum atomic E-state index is -0.651. The summed E-state index contributed by atoms with van der Waals surface area (Å²) in [4.78, 5) is 22.6. The molecule has 5 heteroatoms. The maximum atomic E-state index is 11.6. The Labute approximate surface area is 90.6 Å². The lowest BCUT2D eigenvalue weighted by Gasteiger charge is -2.22. The summed E-state index contributed by atoms with van der Waals surface area (Å²) in [5.41, 5.74) is 10.8. The van der Waals surface area contributed by atoms with Crippen LogP contribution in [0, 0.1) is 11.8 Å². The van der Waals surface area contributed by atoms with Crippen LogP contribution in [0.5, 0.6) is 0 Å². The minimum Gasteiger partial charge on any atom is -0.368 e. The molecule has 2 amide bonds. The Hall–Kier alpha value is -1.10. The molecule has 0 aliphatic rings. The van der Waals surface area contributed by atoms with Crippen molar-refractivity contribution in [1.29, 1.82) is 0 Å². The van der Waals surface area contributed by atoms with E-state index < -0.39 is 18.0 Å². The summed E-state index contributed by atoms with van der Waals surface area (Å²) in [5, 5.41) is 2.56. The molecule has 0 aromatic rings. The van der Waals surface area contributed by atoms with Gasteiger partial charge in [-0.1, -0.05) is 27.7 Å². The third-order valence-corrected chi connectivity index (χ3v) is 2.29. The van der Waals surface area contributed by atoms with Gasteiger partial charge in [0, 0.05) is 0 Å². The van der Waals surface area contributed by atoms with Crippen LogP contribution < -0.4 is 16.8 Å². The van der Waals surface area contributed by atoms with Crippen molar-refractivity contribution in [2.45, 2.75) is 39.8 Å². The lowest BCUT2D eigenvalue weighted by molar-refractivity contribution is -0.129. The summed E-state index contributed by atoms with van der Waals surface area (Å²) in [5.74, 6) is -0.867. The van der Waals surface area contributed by atoms with Gasteiger partial charge in [0.15, 0.2) is 0 Å². The van der Waals surface area contributed by atoms with Crippen molar-refractivity contribution in [1.82, 2.24) is 5.32 Å². The fourth-order valence-electron chi connectivity index (χ4n) is 1.12. The van der Waals surface area contributed by atoms with E-state index in [1.54, 1.807) is 0 Å². The van der Waals surface area contributed by atoms with Gasteiger partial charge in [-0.05, 0) is 11.8 Å². The molecule has 0 heterocycles. The second-order valence-electron chi connectivity index (χ2n) is 4.40. The zero-order valence-corrected chi connectivity index (χ0v) is 9.78. The fourth-order valence-corrected chi connectivity index (χ4v) is 1.12. The maximum absolute atomic E-state index is 11.6. The molecule has 0 bridgehead atoms. The lowest BCUT2D eigenvalue weighted by atomic mass is 10.0. The van der Waals surface area contributed by atoms with E-state index in [2.05, 4.69) is 5.32 Å². The van der Waals surface area contributed by atoms with Crippen LogP contribution in [0.15, 0.2) is 0 Å². The van der Waals surface area contributed by atoms with Gasteiger partial charge in [-0.25, -0.2) is 0 Å². The minimum absolute atomic E-state index is 0.0330. The van der Waals surface area contributed by atoms with E-state index in [-0.39, 0.29) is 17.7 Å². The molecule has 0 aliphatic heterocycles. The van der Waals surface area contributed by atoms with Crippen LogP contribution in [0.3, 0.4) is 0 Å². The molecule has 0 saturated heterocycles. The Bertz CT molecular complexity index is 239. The molecule has 0 spiro atoms. The van der Waals surface area contributed by atoms with E-state index >= 15 is 0 Å². The van der Waals surface area contributed by atoms with Gasteiger partial charge in [-0.3, -0.25) is 9.59 Å². The maximum Gasteiger partial charge on any atom is 0.240 e. The topological polar surface area (TPSA) is 98.2 Å². The number of nitrogens with one attached hydrogen (secondary N) is 1. The number of amides is 2. The molecule has 88 valence electrons. The first-order chi connectivity index (χ1) is 6.77. The standard InChI is InChI=1S/C10H21N3O2/c1-5(2)7(11)10(15)13-8(6(3)4)9(12)14/h5-8H,11H2,1-4H3,(H2,12,14)(H,13,15)/t7-,8?/m1/s1. The van der Waals surface area contributed by atoms with Gasteiger partial charge in [0.2, 0.25) is 11.8 Å². The Morgan fingerprint density at radius 3 is 1.80 bits per heavy atom. The van der Waals surface area contributed by atoms with Gasteiger partial charge >= 0.3 is 0 Å². The molecule has 0 aliphatic carbocycles. The number of hydrogen-bond donors (Lipinski definition) is 3. The highest BCUT2D eigenvalue weighted by molar-refractivity contribution is 5.89. The van der Waals surface area contributed by atoms with Crippen LogP contribution in [0.2, 0.25) is 0 Å². The highest BCUT2D eigenvalue weighted by atomic mass is 16.2. The van der Waals surface area contributed by atoms with Crippen LogP contribution >= 0.6 is 0 Å². The SMILES string of the molecule is CC(C)C(NC(=O)[C@H](N)C(C)C)C(N)=O. The predicted octanol–water partition coefficient (Wildman–Crippen LogP) is -0.404. The Morgan fingerprint density at radius 1 is 1.07 bits per heavy atom. The van der Waals surface area contributed by atoms with Gasteiger partial charge in [-0.15, -0.1) is 0 Å². The van der Waals surface area contributed by atoms with E-state index in [4.69, 9.17) is 11.5 Å². The van der Waals surface area contributed by atoms with E-state index in [1.807, 2.05) is 27.7 Å². The van der Waals surface area contributed by atoms with Crippen LogP contribution in [0.4, 0.5) is 0 Å². The predicted molar refractivity (Wildman–Crippen MR) is 58.8 cm³/mol. The largest absolute Gasteiger partial charge is 0.368 e. The first-order valence-electron chi connectivity index (χ1n) is 5.12. The van der Waals surface area contributed by atoms with Gasteiger partial charge in [0.05, 0.1) is 6.04 Å². The zero-order valence-electron chi connectivity index (χ0n) is 9.78. The highest BCUT2D eigenvalue weighted by Crippen LogP contribution is 2.03. The summed E-state index contributed by atoms with van der Waals surface area (Å²) in [6.45, 7) is 7.32. The summed E-state index contributed by atoms with van der Waals surface area (Å²) in [6, 6.07) is -1.26. The molecule has 0 fully saturated rings. The third-order valence-electron chi connectivity index (χ3n) is 2.29. The molecular weight excluding hydrogens is 194 g/mol. The Morgan fingerprint density at radius 2 is 1.53 bits per heavy atom. The number of rotatable bonds is 5. The van der Waals surface area contributed by atoms with E-state index in [0.717, 1.165) is 0 Å². The lowest BCUT2D eigenvalue weighted by Crippen LogP contribution is -2.53. The molecule has 0 saturated carbocycles. The molecule has 0 aromatic carbocycles. The van der Waals surface area contributed by atoms with Crippen LogP contribution in [0.25, 0.3) is 0 Å². The average Bonchev–Trinajstić information content (AvgIpc) is 2.11. The summed E-state index contributed by atoms with van der Waals surface area (Å²) < 4.78 is 0. The van der Waals surface area contributed by atoms with E-state index in [0.29, 0.717) is 0 Å². The molecule has 15 heavy (non-hydrogen) atoms. The number of nitrogens with two attached hydrogens (primary N) is 2. The van der Waals surface area contributed by atoms with E-state index in [9.17, 15) is 9.59 Å². The van der Waals surface area contributed by atoms with Crippen LogP contribution in [-0.4, -0.2) is 23.9 Å². The second kappa shape index (κ2) is 5.70. The van der Waals surface area contributed by atoms with Gasteiger partial charge in [0.25, 0.3) is 0 Å². The number of carbonyl (C=O) groups excluding carboxylic acids is 2. The molecule has 1 unspecified atom stereocenters. The summed E-state index contributed by atoms with van der Waals surface area (Å²) in [7, 11) is 0. The normalized spacial score (nSPS) is 15.1. The summed E-state index contributed by atoms with van der Waals surface area (Å²) >= 11 is 0. The van der Waals surface area contributed by atoms with E-state index in [1.165, 1.54) is 0 Å². The van der Waals surface area contributed by atoms with Gasteiger partial charge < -0.3 is 16.8 Å². The molecule has 5 N–H and O–H groups in total. The Balaban J connectivity index is 4.43. The van der Waals surface area contributed by atoms with Crippen molar-refractivity contribution >= 4 is 11.8 Å². The van der Waals surface area contributed by atoms with Gasteiger partial charge in [-0.2, -0.15) is 0 Å². The molecule has 0 aromatic heterocycles. The van der Waals surface area contributed by atoms with Crippen molar-refractivity contribution < 1.29 is 9.59 Å². The van der Waals surface area contributed by atoms with Crippen molar-refractivity contribution in [3.8, 4) is 0 Å². The second-order valence-corrected chi connectivity index (χ2v) is 4.40. The molecule has 0 rings (SSSR count). The summed E-state index contributed by atoms with van der Waals surface area (Å²) in [6.07, 6.45) is 0. The number of primary amides is 1. The van der Waals surface area contributed by atoms with Crippen molar-refractivity contribution in [3.05, 3.63) is 0 Å². The van der Waals surface area contributed by atoms with Crippen molar-refractivity contribution in [3.63, 3.8) is 0 Å². The first kappa shape index (κ1) is 13.9. The van der Waals surface area contributed by atoms with Crippen LogP contribution in [0.1, 0.15) is 27.7 Å². The van der Waals surface area contributed by atoms with Crippen LogP contribution in [-0.2, 0) is 9.59 Å². The first-order valence-corrected chi connectivity index (χ1v) is 5.12. The fraction of sp³-hybridized carbons (Fsp3) is 0.800.